The van der Waals surface area contributed by atoms with Crippen molar-refractivity contribution in [2.24, 2.45) is 17.6 Å². The van der Waals surface area contributed by atoms with Gasteiger partial charge in [-0.1, -0.05) is 0 Å². The predicted molar refractivity (Wildman–Crippen MR) is 63.5 cm³/mol. The summed E-state index contributed by atoms with van der Waals surface area (Å²) in [6.45, 7) is 3.21. The molecule has 0 aromatic carbocycles. The molecule has 5 nitrogen and oxygen atoms in total. The van der Waals surface area contributed by atoms with Crippen LogP contribution < -0.4 is 11.1 Å². The fourth-order valence-electron chi connectivity index (χ4n) is 1.89. The lowest BCUT2D eigenvalue weighted by Gasteiger charge is -2.13. The number of rotatable bonds is 7. The Bertz CT molecular complexity index is 256. The van der Waals surface area contributed by atoms with Crippen molar-refractivity contribution in [1.29, 1.82) is 0 Å². The number of hydrogen-bond acceptors (Lipinski definition) is 4. The SMILES string of the molecule is NC1COCC1C(=O)NCCCOCC1CC1. The highest BCUT2D eigenvalue weighted by atomic mass is 16.5. The van der Waals surface area contributed by atoms with Gasteiger partial charge in [0.15, 0.2) is 0 Å². The first-order chi connectivity index (χ1) is 8.27. The smallest absolute Gasteiger partial charge is 0.227 e. The van der Waals surface area contributed by atoms with Gasteiger partial charge in [0.1, 0.15) is 0 Å². The van der Waals surface area contributed by atoms with Crippen LogP contribution >= 0.6 is 0 Å². The van der Waals surface area contributed by atoms with Gasteiger partial charge in [-0.15, -0.1) is 0 Å². The molecular formula is C12H22N2O3. The maximum Gasteiger partial charge on any atom is 0.227 e. The van der Waals surface area contributed by atoms with E-state index in [1.807, 2.05) is 0 Å². The van der Waals surface area contributed by atoms with Crippen LogP contribution in [-0.2, 0) is 14.3 Å². The molecule has 0 bridgehead atoms. The largest absolute Gasteiger partial charge is 0.381 e. The lowest BCUT2D eigenvalue weighted by molar-refractivity contribution is -0.125. The van der Waals surface area contributed by atoms with Gasteiger partial charge in [0.25, 0.3) is 0 Å². The van der Waals surface area contributed by atoms with E-state index >= 15 is 0 Å². The lowest BCUT2D eigenvalue weighted by Crippen LogP contribution is -2.41. The Kier molecular flexibility index (Phi) is 4.76. The molecule has 2 unspecified atom stereocenters. The van der Waals surface area contributed by atoms with Crippen molar-refractivity contribution in [3.8, 4) is 0 Å². The molecule has 2 fully saturated rings. The van der Waals surface area contributed by atoms with Crippen molar-refractivity contribution < 1.29 is 14.3 Å². The van der Waals surface area contributed by atoms with Crippen LogP contribution in [0.2, 0.25) is 0 Å². The second-order valence-corrected chi connectivity index (χ2v) is 4.97. The molecule has 2 aliphatic rings. The number of ether oxygens (including phenoxy) is 2. The van der Waals surface area contributed by atoms with Crippen molar-refractivity contribution in [3.63, 3.8) is 0 Å². The van der Waals surface area contributed by atoms with Gasteiger partial charge in [-0.3, -0.25) is 4.79 Å². The maximum absolute atomic E-state index is 11.7. The molecule has 0 radical (unpaired) electrons. The molecule has 1 saturated heterocycles. The van der Waals surface area contributed by atoms with Gasteiger partial charge in [0.05, 0.1) is 19.1 Å². The molecule has 0 spiro atoms. The van der Waals surface area contributed by atoms with E-state index in [1.54, 1.807) is 0 Å². The standard InChI is InChI=1S/C12H22N2O3/c13-11-8-17-7-10(11)12(15)14-4-1-5-16-6-9-2-3-9/h9-11H,1-8,13H2,(H,14,15). The van der Waals surface area contributed by atoms with E-state index in [1.165, 1.54) is 12.8 Å². The van der Waals surface area contributed by atoms with Crippen LogP contribution in [0.1, 0.15) is 19.3 Å². The molecule has 1 amide bonds. The monoisotopic (exact) mass is 242 g/mol. The van der Waals surface area contributed by atoms with Crippen molar-refractivity contribution in [2.45, 2.75) is 25.3 Å². The van der Waals surface area contributed by atoms with Crippen LogP contribution in [0.25, 0.3) is 0 Å². The summed E-state index contributed by atoms with van der Waals surface area (Å²) in [5.74, 6) is 0.637. The Morgan fingerprint density at radius 3 is 2.88 bits per heavy atom. The minimum atomic E-state index is -0.178. The van der Waals surface area contributed by atoms with Crippen molar-refractivity contribution >= 4 is 5.91 Å². The van der Waals surface area contributed by atoms with E-state index < -0.39 is 0 Å². The number of amides is 1. The molecule has 17 heavy (non-hydrogen) atoms. The topological polar surface area (TPSA) is 73.6 Å². The normalized spacial score (nSPS) is 28.3. The number of carbonyl (C=O) groups excluding carboxylic acids is 1. The minimum absolute atomic E-state index is 0.0113. The zero-order valence-electron chi connectivity index (χ0n) is 10.2. The summed E-state index contributed by atoms with van der Waals surface area (Å²) in [4.78, 5) is 11.7. The third-order valence-electron chi connectivity index (χ3n) is 3.28. The minimum Gasteiger partial charge on any atom is -0.381 e. The summed E-state index contributed by atoms with van der Waals surface area (Å²) in [5.41, 5.74) is 5.76. The van der Waals surface area contributed by atoms with Crippen LogP contribution in [0.4, 0.5) is 0 Å². The molecule has 98 valence electrons. The van der Waals surface area contributed by atoms with E-state index in [4.69, 9.17) is 15.2 Å². The predicted octanol–water partition coefficient (Wildman–Crippen LogP) is -0.107. The van der Waals surface area contributed by atoms with Crippen LogP contribution in [0.15, 0.2) is 0 Å². The fraction of sp³-hybridized carbons (Fsp3) is 0.917. The van der Waals surface area contributed by atoms with Gasteiger partial charge < -0.3 is 20.5 Å². The highest BCUT2D eigenvalue weighted by molar-refractivity contribution is 5.79. The molecule has 2 atom stereocenters. The molecule has 1 aliphatic heterocycles. The highest BCUT2D eigenvalue weighted by Gasteiger charge is 2.30. The van der Waals surface area contributed by atoms with E-state index in [0.717, 1.165) is 25.6 Å². The van der Waals surface area contributed by atoms with Gasteiger partial charge in [0.2, 0.25) is 5.91 Å². The van der Waals surface area contributed by atoms with Gasteiger partial charge in [-0.25, -0.2) is 0 Å². The molecule has 0 aromatic rings. The van der Waals surface area contributed by atoms with Gasteiger partial charge >= 0.3 is 0 Å². The first-order valence-electron chi connectivity index (χ1n) is 6.46. The quantitative estimate of drug-likeness (QED) is 0.611. The Morgan fingerprint density at radius 1 is 1.41 bits per heavy atom. The van der Waals surface area contributed by atoms with Gasteiger partial charge in [0, 0.05) is 25.8 Å². The first-order valence-corrected chi connectivity index (χ1v) is 6.46. The van der Waals surface area contributed by atoms with Crippen LogP contribution in [0.5, 0.6) is 0 Å². The lowest BCUT2D eigenvalue weighted by atomic mass is 10.0. The molecule has 3 N–H and O–H groups in total. The molecule has 0 aromatic heterocycles. The summed E-state index contributed by atoms with van der Waals surface area (Å²) in [5, 5.41) is 2.88. The summed E-state index contributed by atoms with van der Waals surface area (Å²) < 4.78 is 10.6. The summed E-state index contributed by atoms with van der Waals surface area (Å²) in [6.07, 6.45) is 3.49. The molecule has 1 heterocycles. The molecule has 1 aliphatic carbocycles. The summed E-state index contributed by atoms with van der Waals surface area (Å²) >= 11 is 0. The van der Waals surface area contributed by atoms with Crippen LogP contribution in [-0.4, -0.2) is 44.9 Å². The molecule has 2 rings (SSSR count). The van der Waals surface area contributed by atoms with E-state index in [2.05, 4.69) is 5.32 Å². The molecular weight excluding hydrogens is 220 g/mol. The second-order valence-electron chi connectivity index (χ2n) is 4.97. The third kappa shape index (κ3) is 4.26. The second kappa shape index (κ2) is 6.33. The average Bonchev–Trinajstić information content (AvgIpc) is 3.04. The van der Waals surface area contributed by atoms with E-state index in [0.29, 0.717) is 19.8 Å². The Balaban J connectivity index is 1.47. The highest BCUT2D eigenvalue weighted by Crippen LogP contribution is 2.28. The van der Waals surface area contributed by atoms with Crippen molar-refractivity contribution in [3.05, 3.63) is 0 Å². The number of nitrogens with one attached hydrogen (secondary N) is 1. The number of nitrogens with two attached hydrogens (primary N) is 1. The van der Waals surface area contributed by atoms with Crippen LogP contribution in [0.3, 0.4) is 0 Å². The third-order valence-corrected chi connectivity index (χ3v) is 3.28. The van der Waals surface area contributed by atoms with E-state index in [9.17, 15) is 4.79 Å². The average molecular weight is 242 g/mol. The molecule has 1 saturated carbocycles. The maximum atomic E-state index is 11.7. The van der Waals surface area contributed by atoms with Gasteiger partial charge in [-0.2, -0.15) is 0 Å². The first kappa shape index (κ1) is 12.8. The molecule has 5 heteroatoms. The van der Waals surface area contributed by atoms with Gasteiger partial charge in [-0.05, 0) is 25.2 Å². The Labute approximate surface area is 102 Å². The van der Waals surface area contributed by atoms with Crippen molar-refractivity contribution in [2.75, 3.05) is 33.0 Å². The van der Waals surface area contributed by atoms with E-state index in [-0.39, 0.29) is 17.9 Å². The Morgan fingerprint density at radius 2 is 2.24 bits per heavy atom. The van der Waals surface area contributed by atoms with Crippen LogP contribution in [0, 0.1) is 11.8 Å². The summed E-state index contributed by atoms with van der Waals surface area (Å²) in [7, 11) is 0. The zero-order chi connectivity index (χ0) is 12.1. The Hall–Kier alpha value is -0.650. The number of hydrogen-bond donors (Lipinski definition) is 2. The van der Waals surface area contributed by atoms with Crippen molar-refractivity contribution in [1.82, 2.24) is 5.32 Å². The number of carbonyl (C=O) groups is 1. The summed E-state index contributed by atoms with van der Waals surface area (Å²) in [6, 6.07) is -0.152. The fourth-order valence-corrected chi connectivity index (χ4v) is 1.89. The zero-order valence-corrected chi connectivity index (χ0v) is 10.2.